The van der Waals surface area contributed by atoms with Crippen LogP contribution in [0.5, 0.6) is 0 Å². The molecule has 0 fully saturated rings. The van der Waals surface area contributed by atoms with E-state index in [1.807, 2.05) is 0 Å². The van der Waals surface area contributed by atoms with Crippen molar-refractivity contribution in [2.45, 2.75) is 205 Å². The average molecular weight is 598 g/mol. The molecule has 0 aliphatic carbocycles. The molecule has 0 saturated carbocycles. The second kappa shape index (κ2) is 31.5. The van der Waals surface area contributed by atoms with E-state index in [-0.39, 0.29) is 0 Å². The van der Waals surface area contributed by atoms with Gasteiger partial charge in [-0.1, -0.05) is 154 Å². The van der Waals surface area contributed by atoms with Crippen LogP contribution in [-0.4, -0.2) is 57.3 Å². The van der Waals surface area contributed by atoms with E-state index in [1.165, 1.54) is 116 Å². The maximum atomic E-state index is 12.4. The Kier molecular flexibility index (Phi) is 30.8. The van der Waals surface area contributed by atoms with Gasteiger partial charge in [0.2, 0.25) is 5.91 Å². The number of hydrogen-bond acceptors (Lipinski definition) is 5. The van der Waals surface area contributed by atoms with E-state index < -0.39 is 36.9 Å². The molecule has 0 radical (unpaired) electrons. The van der Waals surface area contributed by atoms with Gasteiger partial charge in [0.1, 0.15) is 12.2 Å². The number of rotatable bonds is 32. The molecule has 250 valence electrons. The zero-order valence-electron chi connectivity index (χ0n) is 27.8. The van der Waals surface area contributed by atoms with Crippen LogP contribution >= 0.6 is 0 Å². The van der Waals surface area contributed by atoms with Crippen molar-refractivity contribution in [3.63, 3.8) is 0 Å². The number of hydrogen-bond donors (Lipinski definition) is 5. The third-order valence-electron chi connectivity index (χ3n) is 8.48. The fraction of sp³-hybridized carbons (Fsp3) is 0.917. The first-order valence-electron chi connectivity index (χ1n) is 18.1. The Hall–Kier alpha value is -0.950. The molecule has 0 aromatic rings. The number of nitrogens with one attached hydrogen (secondary N) is 1. The molecule has 0 heterocycles. The molecule has 6 heteroatoms. The fourth-order valence-electron chi connectivity index (χ4n) is 5.52. The average Bonchev–Trinajstić information content (AvgIpc) is 2.99. The second-order valence-electron chi connectivity index (χ2n) is 12.6. The molecule has 0 spiro atoms. The van der Waals surface area contributed by atoms with E-state index in [4.69, 9.17) is 0 Å². The van der Waals surface area contributed by atoms with Crippen LogP contribution in [-0.2, 0) is 4.79 Å². The van der Waals surface area contributed by atoms with Gasteiger partial charge in [-0.15, -0.1) is 0 Å². The van der Waals surface area contributed by atoms with Gasteiger partial charge in [0.05, 0.1) is 18.8 Å². The normalized spacial score (nSPS) is 14.7. The Morgan fingerprint density at radius 3 is 1.43 bits per heavy atom. The first-order chi connectivity index (χ1) is 20.5. The highest BCUT2D eigenvalue weighted by molar-refractivity contribution is 5.80. The molecule has 6 nitrogen and oxygen atoms in total. The molecule has 0 saturated heterocycles. The van der Waals surface area contributed by atoms with Crippen LogP contribution in [0.1, 0.15) is 181 Å². The highest BCUT2D eigenvalue weighted by Crippen LogP contribution is 2.15. The molecule has 4 atom stereocenters. The summed E-state index contributed by atoms with van der Waals surface area (Å²) in [7, 11) is 0. The SMILES string of the molecule is CCCCCCCCCC/C=C/CCCC(O)C(O)C(CO)NC(=O)C(O)CCCCCCCCCCCCCCC. The Labute approximate surface area is 260 Å². The number of carbonyl (C=O) groups is 1. The molecule has 0 aromatic heterocycles. The van der Waals surface area contributed by atoms with E-state index in [1.54, 1.807) is 0 Å². The second-order valence-corrected chi connectivity index (χ2v) is 12.6. The predicted octanol–water partition coefficient (Wildman–Crippen LogP) is 8.28. The largest absolute Gasteiger partial charge is 0.394 e. The summed E-state index contributed by atoms with van der Waals surface area (Å²) in [5.41, 5.74) is 0. The van der Waals surface area contributed by atoms with Gasteiger partial charge in [-0.3, -0.25) is 4.79 Å². The summed E-state index contributed by atoms with van der Waals surface area (Å²) in [6.45, 7) is 4.00. The lowest BCUT2D eigenvalue weighted by Gasteiger charge is -2.27. The third kappa shape index (κ3) is 25.5. The van der Waals surface area contributed by atoms with Crippen molar-refractivity contribution in [1.29, 1.82) is 0 Å². The molecule has 0 aliphatic rings. The maximum absolute atomic E-state index is 12.4. The molecule has 5 N–H and O–H groups in total. The van der Waals surface area contributed by atoms with Gasteiger partial charge in [-0.05, 0) is 38.5 Å². The fourth-order valence-corrected chi connectivity index (χ4v) is 5.52. The van der Waals surface area contributed by atoms with E-state index >= 15 is 0 Å². The van der Waals surface area contributed by atoms with Crippen molar-refractivity contribution in [1.82, 2.24) is 5.32 Å². The minimum absolute atomic E-state index is 0.367. The van der Waals surface area contributed by atoms with Crippen molar-refractivity contribution in [2.75, 3.05) is 6.61 Å². The summed E-state index contributed by atoms with van der Waals surface area (Å²) < 4.78 is 0. The maximum Gasteiger partial charge on any atom is 0.249 e. The summed E-state index contributed by atoms with van der Waals surface area (Å²) in [5.74, 6) is -0.594. The molecule has 42 heavy (non-hydrogen) atoms. The quantitative estimate of drug-likeness (QED) is 0.0396. The number of aliphatic hydroxyl groups excluding tert-OH is 4. The molecule has 0 aliphatic heterocycles. The lowest BCUT2D eigenvalue weighted by atomic mass is 10.00. The first kappa shape index (κ1) is 41.0. The third-order valence-corrected chi connectivity index (χ3v) is 8.48. The summed E-state index contributed by atoms with van der Waals surface area (Å²) in [5, 5.41) is 43.3. The number of allylic oxidation sites excluding steroid dienone is 2. The van der Waals surface area contributed by atoms with Gasteiger partial charge in [0.15, 0.2) is 0 Å². The van der Waals surface area contributed by atoms with E-state index in [0.717, 1.165) is 38.5 Å². The molecular formula is C36H71NO5. The van der Waals surface area contributed by atoms with Crippen LogP contribution in [0.3, 0.4) is 0 Å². The van der Waals surface area contributed by atoms with Crippen LogP contribution < -0.4 is 5.32 Å². The number of carbonyl (C=O) groups excluding carboxylic acids is 1. The first-order valence-corrected chi connectivity index (χ1v) is 18.1. The Morgan fingerprint density at radius 1 is 0.571 bits per heavy atom. The predicted molar refractivity (Wildman–Crippen MR) is 178 cm³/mol. The van der Waals surface area contributed by atoms with Crippen LogP contribution in [0.2, 0.25) is 0 Å². The van der Waals surface area contributed by atoms with Crippen molar-refractivity contribution in [3.05, 3.63) is 12.2 Å². The van der Waals surface area contributed by atoms with Crippen molar-refractivity contribution < 1.29 is 25.2 Å². The van der Waals surface area contributed by atoms with Gasteiger partial charge >= 0.3 is 0 Å². The molecule has 0 aromatic carbocycles. The van der Waals surface area contributed by atoms with Crippen molar-refractivity contribution in [3.8, 4) is 0 Å². The minimum atomic E-state index is -1.27. The summed E-state index contributed by atoms with van der Waals surface area (Å²) in [6.07, 6.45) is 30.9. The van der Waals surface area contributed by atoms with Crippen molar-refractivity contribution in [2.24, 2.45) is 0 Å². The number of amides is 1. The van der Waals surface area contributed by atoms with Gasteiger partial charge < -0.3 is 25.7 Å². The van der Waals surface area contributed by atoms with E-state index in [0.29, 0.717) is 12.8 Å². The Balaban J connectivity index is 3.87. The van der Waals surface area contributed by atoms with Crippen LogP contribution in [0.25, 0.3) is 0 Å². The van der Waals surface area contributed by atoms with E-state index in [2.05, 4.69) is 31.3 Å². The smallest absolute Gasteiger partial charge is 0.249 e. The number of unbranched alkanes of at least 4 members (excludes halogenated alkanes) is 21. The van der Waals surface area contributed by atoms with Crippen LogP contribution in [0.15, 0.2) is 12.2 Å². The highest BCUT2D eigenvalue weighted by Gasteiger charge is 2.28. The molecule has 0 rings (SSSR count). The van der Waals surface area contributed by atoms with Gasteiger partial charge in [0.25, 0.3) is 0 Å². The van der Waals surface area contributed by atoms with Gasteiger partial charge in [-0.2, -0.15) is 0 Å². The Bertz CT molecular complexity index is 599. The summed E-state index contributed by atoms with van der Waals surface area (Å²) in [6, 6.07) is -0.994. The van der Waals surface area contributed by atoms with Gasteiger partial charge in [-0.25, -0.2) is 0 Å². The highest BCUT2D eigenvalue weighted by atomic mass is 16.3. The van der Waals surface area contributed by atoms with E-state index in [9.17, 15) is 25.2 Å². The molecule has 4 unspecified atom stereocenters. The summed E-state index contributed by atoms with van der Waals surface area (Å²) >= 11 is 0. The lowest BCUT2D eigenvalue weighted by Crippen LogP contribution is -2.53. The monoisotopic (exact) mass is 598 g/mol. The van der Waals surface area contributed by atoms with Crippen LogP contribution in [0, 0.1) is 0 Å². The lowest BCUT2D eigenvalue weighted by molar-refractivity contribution is -0.132. The summed E-state index contributed by atoms with van der Waals surface area (Å²) in [4.78, 5) is 12.4. The number of aliphatic hydroxyl groups is 4. The van der Waals surface area contributed by atoms with Gasteiger partial charge in [0, 0.05) is 0 Å². The van der Waals surface area contributed by atoms with Crippen molar-refractivity contribution >= 4 is 5.91 Å². The standard InChI is InChI=1S/C36H71NO5/c1-3-5-7-9-11-13-15-17-19-21-23-25-27-29-33(39)35(41)32(31-38)37-36(42)34(40)30-28-26-24-22-20-18-16-14-12-10-8-6-4-2/h21,23,32-35,38-41H,3-20,22,24-31H2,1-2H3,(H,37,42)/b23-21+. The molecule has 0 bridgehead atoms. The van der Waals surface area contributed by atoms with Crippen LogP contribution in [0.4, 0.5) is 0 Å². The topological polar surface area (TPSA) is 110 Å². The Morgan fingerprint density at radius 2 is 0.976 bits per heavy atom. The molecule has 1 amide bonds. The zero-order chi connectivity index (χ0) is 31.1. The minimum Gasteiger partial charge on any atom is -0.394 e. The zero-order valence-corrected chi connectivity index (χ0v) is 27.8. The molecular weight excluding hydrogens is 526 g/mol.